The lowest BCUT2D eigenvalue weighted by Gasteiger charge is -2.45. The topological polar surface area (TPSA) is 67.9 Å². The molecule has 1 aliphatic carbocycles. The fourth-order valence-electron chi connectivity index (χ4n) is 3.46. The van der Waals surface area contributed by atoms with E-state index in [1.54, 1.807) is 0 Å². The smallest absolute Gasteiger partial charge is 0.230 e. The summed E-state index contributed by atoms with van der Waals surface area (Å²) in [5.41, 5.74) is 5.55. The van der Waals surface area contributed by atoms with Gasteiger partial charge >= 0.3 is 0 Å². The lowest BCUT2D eigenvalue weighted by Crippen LogP contribution is -2.47. The number of rotatable bonds is 7. The first-order chi connectivity index (χ1) is 12.4. The van der Waals surface area contributed by atoms with E-state index in [2.05, 4.69) is 51.0 Å². The Labute approximate surface area is 154 Å². The number of unbranched alkanes of at least 4 members (excludes halogenated alkanes) is 1. The number of nitrogen functional groups attached to an aromatic ring is 1. The summed E-state index contributed by atoms with van der Waals surface area (Å²) in [5, 5.41) is 0. The zero-order valence-corrected chi connectivity index (χ0v) is 15.8. The van der Waals surface area contributed by atoms with Crippen molar-refractivity contribution in [3.05, 3.63) is 41.7 Å². The molecule has 5 nitrogen and oxygen atoms in total. The standard InChI is InChI=1S/C20H28FN5/c1-4-5-13-26(16-12-11-15(16)14-9-7-6-8-10-14)19-24-17(20(2,3)21)23-18(22)25-19/h6-10,15-16H,4-5,11-13H2,1-3H3,(H2,22,23,24,25). The second kappa shape index (κ2) is 7.56. The van der Waals surface area contributed by atoms with Crippen LogP contribution in [0.1, 0.15) is 63.8 Å². The normalized spacial score (nSPS) is 19.8. The highest BCUT2D eigenvalue weighted by molar-refractivity contribution is 5.40. The number of alkyl halides is 1. The zero-order valence-electron chi connectivity index (χ0n) is 15.8. The van der Waals surface area contributed by atoms with Crippen LogP contribution in [0.3, 0.4) is 0 Å². The molecule has 0 saturated heterocycles. The predicted molar refractivity (Wildman–Crippen MR) is 103 cm³/mol. The highest BCUT2D eigenvalue weighted by Gasteiger charge is 2.38. The third-order valence-electron chi connectivity index (χ3n) is 5.05. The molecular formula is C20H28FN5. The van der Waals surface area contributed by atoms with Crippen LogP contribution in [0.15, 0.2) is 30.3 Å². The van der Waals surface area contributed by atoms with Crippen molar-refractivity contribution in [3.8, 4) is 0 Å². The zero-order chi connectivity index (χ0) is 18.7. The largest absolute Gasteiger partial charge is 0.368 e. The number of hydrogen-bond donors (Lipinski definition) is 1. The number of nitrogens with two attached hydrogens (primary N) is 1. The maximum Gasteiger partial charge on any atom is 0.230 e. The number of benzene rings is 1. The van der Waals surface area contributed by atoms with Crippen LogP contribution < -0.4 is 10.6 Å². The molecule has 2 atom stereocenters. The van der Waals surface area contributed by atoms with Crippen molar-refractivity contribution in [1.82, 2.24) is 15.0 Å². The van der Waals surface area contributed by atoms with Crippen LogP contribution in [0.4, 0.5) is 16.3 Å². The molecule has 1 aromatic heterocycles. The molecule has 0 spiro atoms. The van der Waals surface area contributed by atoms with Crippen molar-refractivity contribution < 1.29 is 4.39 Å². The van der Waals surface area contributed by atoms with Gasteiger partial charge in [-0.1, -0.05) is 43.7 Å². The molecule has 1 fully saturated rings. The SMILES string of the molecule is CCCCN(c1nc(N)nc(C(C)(C)F)n1)C1CCC1c1ccccc1. The molecule has 1 saturated carbocycles. The highest BCUT2D eigenvalue weighted by atomic mass is 19.1. The summed E-state index contributed by atoms with van der Waals surface area (Å²) in [6.45, 7) is 5.88. The minimum Gasteiger partial charge on any atom is -0.368 e. The van der Waals surface area contributed by atoms with Crippen molar-refractivity contribution in [2.45, 2.75) is 64.1 Å². The van der Waals surface area contributed by atoms with Crippen LogP contribution in [-0.4, -0.2) is 27.5 Å². The van der Waals surface area contributed by atoms with Gasteiger partial charge in [0, 0.05) is 18.5 Å². The van der Waals surface area contributed by atoms with Crippen molar-refractivity contribution in [2.24, 2.45) is 0 Å². The van der Waals surface area contributed by atoms with Gasteiger partial charge in [-0.05, 0) is 38.7 Å². The first kappa shape index (κ1) is 18.5. The van der Waals surface area contributed by atoms with Crippen LogP contribution in [0.25, 0.3) is 0 Å². The van der Waals surface area contributed by atoms with Gasteiger partial charge in [0.1, 0.15) is 0 Å². The second-order valence-corrected chi connectivity index (χ2v) is 7.50. The van der Waals surface area contributed by atoms with Crippen LogP contribution in [0.5, 0.6) is 0 Å². The maximum atomic E-state index is 14.4. The van der Waals surface area contributed by atoms with Crippen molar-refractivity contribution in [3.63, 3.8) is 0 Å². The lowest BCUT2D eigenvalue weighted by atomic mass is 9.74. The molecule has 140 valence electrons. The third kappa shape index (κ3) is 3.94. The second-order valence-electron chi connectivity index (χ2n) is 7.50. The molecule has 0 radical (unpaired) electrons. The number of halogens is 1. The number of hydrogen-bond acceptors (Lipinski definition) is 5. The number of nitrogens with zero attached hydrogens (tertiary/aromatic N) is 4. The summed E-state index contributed by atoms with van der Waals surface area (Å²) in [4.78, 5) is 15.0. The Morgan fingerprint density at radius 1 is 1.15 bits per heavy atom. The van der Waals surface area contributed by atoms with E-state index in [1.165, 1.54) is 19.4 Å². The number of anilines is 2. The van der Waals surface area contributed by atoms with Gasteiger partial charge in [0.05, 0.1) is 0 Å². The van der Waals surface area contributed by atoms with E-state index in [1.807, 2.05) is 6.07 Å². The van der Waals surface area contributed by atoms with Gasteiger partial charge in [-0.3, -0.25) is 0 Å². The molecule has 3 rings (SSSR count). The molecule has 26 heavy (non-hydrogen) atoms. The van der Waals surface area contributed by atoms with E-state index in [0.29, 0.717) is 17.9 Å². The fourth-order valence-corrected chi connectivity index (χ4v) is 3.46. The maximum absolute atomic E-state index is 14.4. The molecule has 2 N–H and O–H groups in total. The van der Waals surface area contributed by atoms with E-state index in [-0.39, 0.29) is 11.8 Å². The third-order valence-corrected chi connectivity index (χ3v) is 5.05. The van der Waals surface area contributed by atoms with E-state index >= 15 is 0 Å². The quantitative estimate of drug-likeness (QED) is 0.804. The van der Waals surface area contributed by atoms with Gasteiger partial charge in [0.2, 0.25) is 11.9 Å². The van der Waals surface area contributed by atoms with E-state index in [4.69, 9.17) is 5.73 Å². The Morgan fingerprint density at radius 2 is 1.88 bits per heavy atom. The van der Waals surface area contributed by atoms with E-state index in [9.17, 15) is 4.39 Å². The summed E-state index contributed by atoms with van der Waals surface area (Å²) < 4.78 is 14.4. The first-order valence-corrected chi connectivity index (χ1v) is 9.42. The minimum absolute atomic E-state index is 0.0767. The van der Waals surface area contributed by atoms with E-state index < -0.39 is 5.67 Å². The Kier molecular flexibility index (Phi) is 5.39. The van der Waals surface area contributed by atoms with Gasteiger partial charge in [0.25, 0.3) is 0 Å². The van der Waals surface area contributed by atoms with Crippen molar-refractivity contribution in [1.29, 1.82) is 0 Å². The molecule has 6 heteroatoms. The fraction of sp³-hybridized carbons (Fsp3) is 0.550. The molecule has 1 aliphatic rings. The predicted octanol–water partition coefficient (Wildman–Crippen LogP) is 4.21. The Hall–Kier alpha value is -2.24. The lowest BCUT2D eigenvalue weighted by molar-refractivity contribution is 0.206. The van der Waals surface area contributed by atoms with Gasteiger partial charge in [-0.2, -0.15) is 15.0 Å². The molecule has 0 bridgehead atoms. The Balaban J connectivity index is 1.93. The van der Waals surface area contributed by atoms with Crippen LogP contribution >= 0.6 is 0 Å². The molecular weight excluding hydrogens is 329 g/mol. The average molecular weight is 357 g/mol. The molecule has 0 aliphatic heterocycles. The monoisotopic (exact) mass is 357 g/mol. The summed E-state index contributed by atoms with van der Waals surface area (Å²) in [6, 6.07) is 10.8. The van der Waals surface area contributed by atoms with Crippen LogP contribution in [0.2, 0.25) is 0 Å². The summed E-state index contributed by atoms with van der Waals surface area (Å²) in [6.07, 6.45) is 4.31. The summed E-state index contributed by atoms with van der Waals surface area (Å²) in [5.74, 6) is 1.11. The van der Waals surface area contributed by atoms with Crippen molar-refractivity contribution in [2.75, 3.05) is 17.2 Å². The summed E-state index contributed by atoms with van der Waals surface area (Å²) >= 11 is 0. The average Bonchev–Trinajstić information content (AvgIpc) is 2.57. The molecule has 1 aromatic carbocycles. The number of aromatic nitrogens is 3. The molecule has 0 amide bonds. The van der Waals surface area contributed by atoms with E-state index in [0.717, 1.165) is 32.2 Å². The molecule has 2 aromatic rings. The highest BCUT2D eigenvalue weighted by Crippen LogP contribution is 2.41. The Morgan fingerprint density at radius 3 is 2.46 bits per heavy atom. The van der Waals surface area contributed by atoms with Crippen LogP contribution in [-0.2, 0) is 5.67 Å². The van der Waals surface area contributed by atoms with Gasteiger partial charge in [0.15, 0.2) is 11.5 Å². The van der Waals surface area contributed by atoms with Gasteiger partial charge in [-0.25, -0.2) is 4.39 Å². The van der Waals surface area contributed by atoms with Gasteiger partial charge in [-0.15, -0.1) is 0 Å². The Bertz CT molecular complexity index is 729. The van der Waals surface area contributed by atoms with Crippen LogP contribution in [0, 0.1) is 0 Å². The molecule has 1 heterocycles. The summed E-state index contributed by atoms with van der Waals surface area (Å²) in [7, 11) is 0. The van der Waals surface area contributed by atoms with Gasteiger partial charge < -0.3 is 10.6 Å². The minimum atomic E-state index is -1.65. The first-order valence-electron chi connectivity index (χ1n) is 9.42. The van der Waals surface area contributed by atoms with Crippen molar-refractivity contribution >= 4 is 11.9 Å². The molecule has 2 unspecified atom stereocenters.